The Morgan fingerprint density at radius 1 is 1.43 bits per heavy atom. The highest BCUT2D eigenvalue weighted by Gasteiger charge is 2.24. The smallest absolute Gasteiger partial charge is 0.337 e. The van der Waals surface area contributed by atoms with Gasteiger partial charge in [-0.3, -0.25) is 4.98 Å². The number of hydrogen-bond acceptors (Lipinski definition) is 4. The van der Waals surface area contributed by atoms with Gasteiger partial charge >= 0.3 is 12.0 Å². The van der Waals surface area contributed by atoms with Gasteiger partial charge in [0.2, 0.25) is 0 Å². The number of carbonyl (C=O) groups is 2. The van der Waals surface area contributed by atoms with Crippen LogP contribution in [0.4, 0.5) is 10.5 Å². The number of piperidine rings is 1. The van der Waals surface area contributed by atoms with Crippen LogP contribution in [0.15, 0.2) is 18.5 Å². The van der Waals surface area contributed by atoms with Crippen molar-refractivity contribution in [1.29, 1.82) is 0 Å². The molecule has 1 aromatic heterocycles. The van der Waals surface area contributed by atoms with Gasteiger partial charge in [-0.25, -0.2) is 9.59 Å². The lowest BCUT2D eigenvalue weighted by molar-refractivity contribution is 0.0696. The van der Waals surface area contributed by atoms with E-state index in [9.17, 15) is 9.59 Å². The van der Waals surface area contributed by atoms with Crippen LogP contribution in [0.3, 0.4) is 0 Å². The van der Waals surface area contributed by atoms with Crippen LogP contribution in [0.1, 0.15) is 30.1 Å². The molecule has 7 heteroatoms. The Bertz CT molecular complexity index is 515. The molecule has 0 radical (unpaired) electrons. The van der Waals surface area contributed by atoms with Gasteiger partial charge in [0.05, 0.1) is 17.4 Å². The Labute approximate surface area is 123 Å². The number of nitrogens with one attached hydrogen (secondary N) is 2. The Kier molecular flexibility index (Phi) is 5.10. The molecule has 0 saturated carbocycles. The van der Waals surface area contributed by atoms with E-state index in [4.69, 9.17) is 5.11 Å². The van der Waals surface area contributed by atoms with E-state index in [1.165, 1.54) is 18.5 Å². The predicted octanol–water partition coefficient (Wildman–Crippen LogP) is 1.39. The fraction of sp³-hybridized carbons (Fsp3) is 0.500. The van der Waals surface area contributed by atoms with Crippen molar-refractivity contribution >= 4 is 17.7 Å². The molecule has 1 aromatic rings. The maximum Gasteiger partial charge on any atom is 0.337 e. The van der Waals surface area contributed by atoms with E-state index in [2.05, 4.69) is 15.6 Å². The average molecular weight is 292 g/mol. The van der Waals surface area contributed by atoms with Gasteiger partial charge in [0.15, 0.2) is 0 Å². The largest absolute Gasteiger partial charge is 0.478 e. The van der Waals surface area contributed by atoms with Gasteiger partial charge in [-0.1, -0.05) is 0 Å². The summed E-state index contributed by atoms with van der Waals surface area (Å²) in [7, 11) is 0. The number of hydrogen-bond donors (Lipinski definition) is 3. The van der Waals surface area contributed by atoms with E-state index in [1.807, 2.05) is 6.92 Å². The number of carboxylic acid groups (broad SMARTS) is 1. The summed E-state index contributed by atoms with van der Waals surface area (Å²) in [6, 6.07) is 1.41. The third kappa shape index (κ3) is 3.91. The number of rotatable bonds is 4. The summed E-state index contributed by atoms with van der Waals surface area (Å²) >= 11 is 0. The molecule has 0 bridgehead atoms. The number of amides is 2. The summed E-state index contributed by atoms with van der Waals surface area (Å²) in [6.07, 6.45) is 4.55. The van der Waals surface area contributed by atoms with Crippen molar-refractivity contribution in [2.24, 2.45) is 0 Å². The molecular formula is C14H20N4O3. The van der Waals surface area contributed by atoms with Crippen LogP contribution in [-0.4, -0.2) is 52.7 Å². The molecule has 1 saturated heterocycles. The molecule has 1 fully saturated rings. The minimum Gasteiger partial charge on any atom is -0.478 e. The van der Waals surface area contributed by atoms with Crippen molar-refractivity contribution in [3.63, 3.8) is 0 Å². The number of anilines is 1. The zero-order valence-corrected chi connectivity index (χ0v) is 12.0. The molecule has 0 atom stereocenters. The molecule has 0 unspecified atom stereocenters. The van der Waals surface area contributed by atoms with E-state index in [0.29, 0.717) is 12.2 Å². The summed E-state index contributed by atoms with van der Waals surface area (Å²) in [5, 5.41) is 14.9. The van der Waals surface area contributed by atoms with Crippen LogP contribution in [0.2, 0.25) is 0 Å². The quantitative estimate of drug-likeness (QED) is 0.779. The van der Waals surface area contributed by atoms with Crippen LogP contribution < -0.4 is 10.6 Å². The molecule has 2 amide bonds. The number of aromatic nitrogens is 1. The highest BCUT2D eigenvalue weighted by atomic mass is 16.4. The Balaban J connectivity index is 2.04. The maximum atomic E-state index is 12.3. The van der Waals surface area contributed by atoms with E-state index in [-0.39, 0.29) is 17.6 Å². The van der Waals surface area contributed by atoms with E-state index in [1.54, 1.807) is 4.90 Å². The Morgan fingerprint density at radius 3 is 2.76 bits per heavy atom. The number of urea groups is 1. The molecule has 7 nitrogen and oxygen atoms in total. The molecular weight excluding hydrogens is 272 g/mol. The van der Waals surface area contributed by atoms with Gasteiger partial charge in [0.1, 0.15) is 0 Å². The molecule has 0 aromatic carbocycles. The van der Waals surface area contributed by atoms with Crippen molar-refractivity contribution in [2.45, 2.75) is 25.8 Å². The van der Waals surface area contributed by atoms with Gasteiger partial charge in [0.25, 0.3) is 0 Å². The lowest BCUT2D eigenvalue weighted by Crippen LogP contribution is -2.47. The SMILES string of the molecule is CCN(C(=O)Nc1cncc(C(=O)O)c1)C1CCNCC1. The van der Waals surface area contributed by atoms with Gasteiger partial charge in [0, 0.05) is 18.8 Å². The topological polar surface area (TPSA) is 94.6 Å². The highest BCUT2D eigenvalue weighted by molar-refractivity contribution is 5.92. The molecule has 0 aliphatic carbocycles. The van der Waals surface area contributed by atoms with Crippen LogP contribution in [0.5, 0.6) is 0 Å². The first-order chi connectivity index (χ1) is 10.1. The highest BCUT2D eigenvalue weighted by Crippen LogP contribution is 2.15. The van der Waals surface area contributed by atoms with E-state index < -0.39 is 5.97 Å². The van der Waals surface area contributed by atoms with Crippen molar-refractivity contribution in [3.8, 4) is 0 Å². The summed E-state index contributed by atoms with van der Waals surface area (Å²) in [6.45, 7) is 4.37. The zero-order valence-electron chi connectivity index (χ0n) is 12.0. The fourth-order valence-electron chi connectivity index (χ4n) is 2.51. The van der Waals surface area contributed by atoms with Gasteiger partial charge < -0.3 is 20.6 Å². The molecule has 1 aliphatic rings. The number of pyridine rings is 1. The molecule has 3 N–H and O–H groups in total. The summed E-state index contributed by atoms with van der Waals surface area (Å²) in [4.78, 5) is 28.9. The van der Waals surface area contributed by atoms with Crippen molar-refractivity contribution in [1.82, 2.24) is 15.2 Å². The number of nitrogens with zero attached hydrogens (tertiary/aromatic N) is 2. The van der Waals surface area contributed by atoms with Crippen LogP contribution in [0.25, 0.3) is 0 Å². The Hall–Kier alpha value is -2.15. The second-order valence-corrected chi connectivity index (χ2v) is 4.96. The molecule has 2 heterocycles. The Morgan fingerprint density at radius 2 is 2.14 bits per heavy atom. The zero-order chi connectivity index (χ0) is 15.2. The van der Waals surface area contributed by atoms with Crippen LogP contribution in [0, 0.1) is 0 Å². The number of carbonyl (C=O) groups excluding carboxylic acids is 1. The summed E-state index contributed by atoms with van der Waals surface area (Å²) in [5.41, 5.74) is 0.449. The monoisotopic (exact) mass is 292 g/mol. The van der Waals surface area contributed by atoms with E-state index in [0.717, 1.165) is 25.9 Å². The minimum absolute atomic E-state index is 0.0534. The molecule has 0 spiro atoms. The van der Waals surface area contributed by atoms with Crippen LogP contribution >= 0.6 is 0 Å². The lowest BCUT2D eigenvalue weighted by Gasteiger charge is -2.33. The first-order valence-electron chi connectivity index (χ1n) is 7.08. The lowest BCUT2D eigenvalue weighted by atomic mass is 10.1. The fourth-order valence-corrected chi connectivity index (χ4v) is 2.51. The summed E-state index contributed by atoms with van der Waals surface area (Å²) in [5.74, 6) is -1.07. The number of carboxylic acids is 1. The van der Waals surface area contributed by atoms with Gasteiger partial charge in [-0.15, -0.1) is 0 Å². The maximum absolute atomic E-state index is 12.3. The number of aromatic carboxylic acids is 1. The normalized spacial score (nSPS) is 15.5. The van der Waals surface area contributed by atoms with Gasteiger partial charge in [-0.05, 0) is 38.9 Å². The molecule has 1 aliphatic heterocycles. The standard InChI is InChI=1S/C14H20N4O3/c1-2-18(12-3-5-15-6-4-12)14(21)17-11-7-10(13(19)20)8-16-9-11/h7-9,12,15H,2-6H2,1H3,(H,17,21)(H,19,20). The van der Waals surface area contributed by atoms with E-state index >= 15 is 0 Å². The summed E-state index contributed by atoms with van der Waals surface area (Å²) < 4.78 is 0. The second kappa shape index (κ2) is 7.03. The van der Waals surface area contributed by atoms with Crippen molar-refractivity contribution in [3.05, 3.63) is 24.0 Å². The second-order valence-electron chi connectivity index (χ2n) is 4.96. The minimum atomic E-state index is -1.07. The first kappa shape index (κ1) is 15.2. The first-order valence-corrected chi connectivity index (χ1v) is 7.08. The molecule has 114 valence electrons. The van der Waals surface area contributed by atoms with Crippen LogP contribution in [-0.2, 0) is 0 Å². The third-order valence-electron chi connectivity index (χ3n) is 3.59. The molecule has 2 rings (SSSR count). The third-order valence-corrected chi connectivity index (χ3v) is 3.59. The van der Waals surface area contributed by atoms with Crippen molar-refractivity contribution in [2.75, 3.05) is 25.0 Å². The predicted molar refractivity (Wildman–Crippen MR) is 78.5 cm³/mol. The average Bonchev–Trinajstić information content (AvgIpc) is 2.49. The molecule has 21 heavy (non-hydrogen) atoms. The van der Waals surface area contributed by atoms with Gasteiger partial charge in [-0.2, -0.15) is 0 Å². The van der Waals surface area contributed by atoms with Crippen molar-refractivity contribution < 1.29 is 14.7 Å².